The average Bonchev–Trinajstić information content (AvgIpc) is 3.50. The van der Waals surface area contributed by atoms with Crippen molar-refractivity contribution in [2.75, 3.05) is 0 Å². The van der Waals surface area contributed by atoms with E-state index in [1.807, 2.05) is 162 Å². The number of nitrogens with zero attached hydrogens (tertiary/aromatic N) is 2. The fourth-order valence-electron chi connectivity index (χ4n) is 1.83. The lowest BCUT2D eigenvalue weighted by molar-refractivity contribution is 0.560. The number of rotatable bonds is 1. The molecule has 214 valence electrons. The predicted octanol–water partition coefficient (Wildman–Crippen LogP) is 12.7. The van der Waals surface area contributed by atoms with E-state index in [2.05, 4.69) is 44.1 Å². The zero-order chi connectivity index (χ0) is 29.1. The SMILES string of the molecule is C.CC.CC.CC.CC.CC.CC.CC.CC(C)(C)c1ccn(-c2ccccc2)n1.c1ccccc1. The van der Waals surface area contributed by atoms with Crippen LogP contribution in [0.5, 0.6) is 0 Å². The smallest absolute Gasteiger partial charge is 0.0682 e. The molecule has 2 heteroatoms. The van der Waals surface area contributed by atoms with Crippen LogP contribution < -0.4 is 0 Å². The minimum absolute atomic E-state index is 0. The summed E-state index contributed by atoms with van der Waals surface area (Å²) in [6.45, 7) is 34.5. The van der Waals surface area contributed by atoms with Crippen LogP contribution in [-0.2, 0) is 5.41 Å². The second kappa shape index (κ2) is 46.1. The molecule has 0 radical (unpaired) electrons. The van der Waals surface area contributed by atoms with Gasteiger partial charge in [-0.15, -0.1) is 0 Å². The van der Waals surface area contributed by atoms with Crippen molar-refractivity contribution in [3.63, 3.8) is 0 Å². The van der Waals surface area contributed by atoms with Crippen molar-refractivity contribution in [2.45, 2.75) is 131 Å². The molecule has 1 aromatic heterocycles. The highest BCUT2D eigenvalue weighted by atomic mass is 15.3. The molecule has 0 amide bonds. The standard InChI is InChI=1S/C13H16N2.C6H6.7C2H6.CH4/c1-13(2,3)12-9-10-15(14-12)11-7-5-4-6-8-11;1-2-4-6-5-3-1;7*1-2;/h4-10H,1-3H3;1-6H;7*1-2H3;1H4. The fraction of sp³-hybridized carbons (Fsp3) is 0.559. The quantitative estimate of drug-likeness (QED) is 0.322. The summed E-state index contributed by atoms with van der Waals surface area (Å²) in [4.78, 5) is 0. The summed E-state index contributed by atoms with van der Waals surface area (Å²) < 4.78 is 1.92. The van der Waals surface area contributed by atoms with Crippen LogP contribution in [0.25, 0.3) is 5.69 Å². The zero-order valence-corrected chi connectivity index (χ0v) is 26.9. The molecular formula is C34H68N2. The van der Waals surface area contributed by atoms with E-state index in [0.717, 1.165) is 11.4 Å². The Hall–Kier alpha value is -2.35. The van der Waals surface area contributed by atoms with E-state index in [4.69, 9.17) is 0 Å². The van der Waals surface area contributed by atoms with Crippen molar-refractivity contribution >= 4 is 0 Å². The molecule has 0 fully saturated rings. The number of benzene rings is 2. The minimum Gasteiger partial charge on any atom is -0.241 e. The lowest BCUT2D eigenvalue weighted by Crippen LogP contribution is -2.12. The summed E-state index contributed by atoms with van der Waals surface area (Å²) in [5.74, 6) is 0. The molecule has 36 heavy (non-hydrogen) atoms. The summed E-state index contributed by atoms with van der Waals surface area (Å²) >= 11 is 0. The minimum atomic E-state index is 0. The van der Waals surface area contributed by atoms with Gasteiger partial charge in [0.1, 0.15) is 0 Å². The first-order valence-electron chi connectivity index (χ1n) is 14.2. The van der Waals surface area contributed by atoms with E-state index in [1.54, 1.807) is 0 Å². The molecule has 0 N–H and O–H groups in total. The Bertz CT molecular complexity index is 609. The van der Waals surface area contributed by atoms with Crippen molar-refractivity contribution in [1.29, 1.82) is 0 Å². The molecule has 0 spiro atoms. The number of para-hydroxylation sites is 1. The van der Waals surface area contributed by atoms with Gasteiger partial charge in [0.25, 0.3) is 0 Å². The highest BCUT2D eigenvalue weighted by Gasteiger charge is 2.16. The molecule has 2 nitrogen and oxygen atoms in total. The third-order valence-electron chi connectivity index (χ3n) is 3.04. The van der Waals surface area contributed by atoms with Crippen LogP contribution in [0.1, 0.15) is 131 Å². The maximum atomic E-state index is 4.57. The second-order valence-corrected chi connectivity index (χ2v) is 5.89. The summed E-state index contributed by atoms with van der Waals surface area (Å²) in [5, 5.41) is 4.57. The van der Waals surface area contributed by atoms with Crippen LogP contribution in [-0.4, -0.2) is 9.78 Å². The van der Waals surface area contributed by atoms with Crippen molar-refractivity contribution in [3.05, 3.63) is 84.7 Å². The van der Waals surface area contributed by atoms with Gasteiger partial charge in [-0.05, 0) is 18.2 Å². The Morgan fingerprint density at radius 3 is 1.00 bits per heavy atom. The van der Waals surface area contributed by atoms with Gasteiger partial charge in [0.05, 0.1) is 11.4 Å². The van der Waals surface area contributed by atoms with Gasteiger partial charge in [0.2, 0.25) is 0 Å². The van der Waals surface area contributed by atoms with Crippen molar-refractivity contribution < 1.29 is 0 Å². The Morgan fingerprint density at radius 2 is 0.750 bits per heavy atom. The lowest BCUT2D eigenvalue weighted by Gasteiger charge is -2.14. The third kappa shape index (κ3) is 31.6. The number of hydrogen-bond donors (Lipinski definition) is 0. The average molecular weight is 505 g/mol. The monoisotopic (exact) mass is 505 g/mol. The summed E-state index contributed by atoms with van der Waals surface area (Å²) in [6, 6.07) is 24.2. The molecule has 0 aliphatic heterocycles. The summed E-state index contributed by atoms with van der Waals surface area (Å²) in [6.07, 6.45) is 2.01. The van der Waals surface area contributed by atoms with Gasteiger partial charge < -0.3 is 0 Å². The molecule has 2 aromatic carbocycles. The highest BCUT2D eigenvalue weighted by Crippen LogP contribution is 2.20. The lowest BCUT2D eigenvalue weighted by atomic mass is 9.93. The molecule has 0 unspecified atom stereocenters. The molecule has 0 saturated heterocycles. The van der Waals surface area contributed by atoms with Crippen LogP contribution >= 0.6 is 0 Å². The van der Waals surface area contributed by atoms with E-state index in [9.17, 15) is 0 Å². The molecule has 3 rings (SSSR count). The Labute approximate surface area is 230 Å². The molecule has 1 heterocycles. The largest absolute Gasteiger partial charge is 0.241 e. The summed E-state index contributed by atoms with van der Waals surface area (Å²) in [5.41, 5.74) is 2.33. The third-order valence-corrected chi connectivity index (χ3v) is 3.04. The molecule has 3 aromatic rings. The first-order valence-corrected chi connectivity index (χ1v) is 14.2. The summed E-state index contributed by atoms with van der Waals surface area (Å²) in [7, 11) is 0. The van der Waals surface area contributed by atoms with Crippen molar-refractivity contribution in [1.82, 2.24) is 9.78 Å². The van der Waals surface area contributed by atoms with Gasteiger partial charge >= 0.3 is 0 Å². The molecule has 0 atom stereocenters. The number of hydrogen-bond acceptors (Lipinski definition) is 1. The normalized spacial score (nSPS) is 7.36. The van der Waals surface area contributed by atoms with Crippen LogP contribution in [0, 0.1) is 0 Å². The number of aromatic nitrogens is 2. The van der Waals surface area contributed by atoms with Crippen LogP contribution in [0.4, 0.5) is 0 Å². The van der Waals surface area contributed by atoms with Gasteiger partial charge in [-0.2, -0.15) is 5.10 Å². The first kappa shape index (κ1) is 50.5. The molecule has 0 saturated carbocycles. The van der Waals surface area contributed by atoms with Crippen LogP contribution in [0.15, 0.2) is 79.0 Å². The van der Waals surface area contributed by atoms with Gasteiger partial charge in [0, 0.05) is 11.6 Å². The molecular weight excluding hydrogens is 436 g/mol. The van der Waals surface area contributed by atoms with Gasteiger partial charge in [-0.3, -0.25) is 0 Å². The van der Waals surface area contributed by atoms with Crippen molar-refractivity contribution in [2.24, 2.45) is 0 Å². The topological polar surface area (TPSA) is 17.8 Å². The van der Waals surface area contributed by atoms with Gasteiger partial charge in [-0.1, -0.05) is 180 Å². The van der Waals surface area contributed by atoms with Gasteiger partial charge in [0.15, 0.2) is 0 Å². The Balaban J connectivity index is -0.0000000677. The van der Waals surface area contributed by atoms with E-state index >= 15 is 0 Å². The van der Waals surface area contributed by atoms with E-state index < -0.39 is 0 Å². The molecule has 0 bridgehead atoms. The van der Waals surface area contributed by atoms with Crippen molar-refractivity contribution in [3.8, 4) is 5.69 Å². The Kier molecular flexibility index (Phi) is 64.6. The molecule has 0 aliphatic rings. The predicted molar refractivity (Wildman–Crippen MR) is 175 cm³/mol. The Morgan fingerprint density at radius 1 is 0.472 bits per heavy atom. The van der Waals surface area contributed by atoms with E-state index in [-0.39, 0.29) is 12.8 Å². The van der Waals surface area contributed by atoms with Crippen LogP contribution in [0.3, 0.4) is 0 Å². The fourth-order valence-corrected chi connectivity index (χ4v) is 1.83. The maximum Gasteiger partial charge on any atom is 0.0682 e. The zero-order valence-electron chi connectivity index (χ0n) is 26.9. The van der Waals surface area contributed by atoms with Gasteiger partial charge in [-0.25, -0.2) is 4.68 Å². The second-order valence-electron chi connectivity index (χ2n) is 5.89. The van der Waals surface area contributed by atoms with E-state index in [1.165, 1.54) is 0 Å². The van der Waals surface area contributed by atoms with E-state index in [0.29, 0.717) is 0 Å². The maximum absolute atomic E-state index is 4.57. The first-order chi connectivity index (χ1) is 17.1. The molecule has 0 aliphatic carbocycles. The van der Waals surface area contributed by atoms with Crippen LogP contribution in [0.2, 0.25) is 0 Å². The highest BCUT2D eigenvalue weighted by molar-refractivity contribution is 5.31.